The van der Waals surface area contributed by atoms with Crippen LogP contribution < -0.4 is 0 Å². The average molecular weight is 225 g/mol. The normalized spacial score (nSPS) is 11.3. The van der Waals surface area contributed by atoms with Crippen LogP contribution in [0.1, 0.15) is 4.88 Å². The molecule has 1 aromatic heterocycles. The van der Waals surface area contributed by atoms with Crippen LogP contribution in [0.4, 0.5) is 0 Å². The lowest BCUT2D eigenvalue weighted by Gasteiger charge is -2.12. The Morgan fingerprint density at radius 3 is 3.07 bits per heavy atom. The van der Waals surface area contributed by atoms with Crippen LogP contribution in [0.15, 0.2) is 29.7 Å². The van der Waals surface area contributed by atoms with E-state index in [1.54, 1.807) is 17.4 Å². The number of nitrogens with zero attached hydrogens (tertiary/aromatic N) is 1. The molecule has 0 aliphatic heterocycles. The summed E-state index contributed by atoms with van der Waals surface area (Å²) in [6, 6.07) is 4.16. The summed E-state index contributed by atoms with van der Waals surface area (Å²) in [5.41, 5.74) is 0. The first-order chi connectivity index (χ1) is 7.18. The standard InChI is InChI=1S/C11H15NO2S/c1-12(7-2-5-11(13)14)8-6-10-4-3-9-15-10/h2-5,9H,6-8H2,1H3,(H,13,14). The second-order valence-corrected chi connectivity index (χ2v) is 4.36. The molecular weight excluding hydrogens is 210 g/mol. The van der Waals surface area contributed by atoms with E-state index in [0.717, 1.165) is 13.0 Å². The van der Waals surface area contributed by atoms with Gasteiger partial charge in [0.25, 0.3) is 0 Å². The number of aliphatic carboxylic acids is 1. The van der Waals surface area contributed by atoms with Crippen LogP contribution in [0, 0.1) is 0 Å². The number of carboxylic acid groups (broad SMARTS) is 1. The Hall–Kier alpha value is -1.13. The number of thiophene rings is 1. The molecule has 0 saturated carbocycles. The van der Waals surface area contributed by atoms with Crippen LogP contribution in [-0.2, 0) is 11.2 Å². The first-order valence-electron chi connectivity index (χ1n) is 4.79. The van der Waals surface area contributed by atoms with E-state index in [9.17, 15) is 4.79 Å². The third-order valence-corrected chi connectivity index (χ3v) is 2.93. The van der Waals surface area contributed by atoms with Gasteiger partial charge in [-0.15, -0.1) is 11.3 Å². The molecule has 1 aromatic rings. The second kappa shape index (κ2) is 6.37. The molecule has 0 aliphatic rings. The highest BCUT2D eigenvalue weighted by Crippen LogP contribution is 2.09. The maximum absolute atomic E-state index is 10.2. The minimum Gasteiger partial charge on any atom is -0.478 e. The molecule has 0 radical (unpaired) electrons. The van der Waals surface area contributed by atoms with E-state index in [1.165, 1.54) is 11.0 Å². The second-order valence-electron chi connectivity index (χ2n) is 3.33. The number of carboxylic acids is 1. The Bertz CT molecular complexity index is 319. The van der Waals surface area contributed by atoms with Crippen molar-refractivity contribution < 1.29 is 9.90 Å². The smallest absolute Gasteiger partial charge is 0.328 e. The summed E-state index contributed by atoms with van der Waals surface area (Å²) >= 11 is 1.75. The molecular formula is C11H15NO2S. The summed E-state index contributed by atoms with van der Waals surface area (Å²) in [5.74, 6) is -0.887. The van der Waals surface area contributed by atoms with Crippen molar-refractivity contribution >= 4 is 17.3 Å². The largest absolute Gasteiger partial charge is 0.478 e. The van der Waals surface area contributed by atoms with Gasteiger partial charge in [0.15, 0.2) is 0 Å². The average Bonchev–Trinajstić information content (AvgIpc) is 2.66. The predicted molar refractivity (Wildman–Crippen MR) is 62.3 cm³/mol. The van der Waals surface area contributed by atoms with Gasteiger partial charge >= 0.3 is 5.97 Å². The first kappa shape index (κ1) is 11.9. The summed E-state index contributed by atoms with van der Waals surface area (Å²) in [6.07, 6.45) is 3.87. The molecule has 3 nitrogen and oxygen atoms in total. The lowest BCUT2D eigenvalue weighted by Crippen LogP contribution is -2.21. The first-order valence-corrected chi connectivity index (χ1v) is 5.67. The molecule has 0 spiro atoms. The van der Waals surface area contributed by atoms with Crippen molar-refractivity contribution in [1.29, 1.82) is 0 Å². The maximum Gasteiger partial charge on any atom is 0.328 e. The van der Waals surface area contributed by atoms with Gasteiger partial charge in [-0.2, -0.15) is 0 Å². The molecule has 82 valence electrons. The van der Waals surface area contributed by atoms with Gasteiger partial charge in [0.05, 0.1) is 0 Å². The van der Waals surface area contributed by atoms with Crippen molar-refractivity contribution in [1.82, 2.24) is 4.90 Å². The molecule has 0 saturated heterocycles. The minimum atomic E-state index is -0.887. The highest BCUT2D eigenvalue weighted by atomic mass is 32.1. The van der Waals surface area contributed by atoms with Gasteiger partial charge in [-0.05, 0) is 24.9 Å². The van der Waals surface area contributed by atoms with Crippen molar-refractivity contribution in [3.05, 3.63) is 34.5 Å². The number of carbonyl (C=O) groups is 1. The summed E-state index contributed by atoms with van der Waals surface area (Å²) in [6.45, 7) is 1.63. The van der Waals surface area contributed by atoms with Crippen molar-refractivity contribution in [3.8, 4) is 0 Å². The van der Waals surface area contributed by atoms with E-state index in [-0.39, 0.29) is 0 Å². The zero-order valence-corrected chi connectivity index (χ0v) is 9.54. The zero-order chi connectivity index (χ0) is 11.1. The molecule has 15 heavy (non-hydrogen) atoms. The van der Waals surface area contributed by atoms with Gasteiger partial charge in [0.1, 0.15) is 0 Å². The molecule has 0 amide bonds. The monoisotopic (exact) mass is 225 g/mol. The van der Waals surface area contributed by atoms with Crippen LogP contribution in [0.5, 0.6) is 0 Å². The van der Waals surface area contributed by atoms with Gasteiger partial charge in [0, 0.05) is 24.0 Å². The fraction of sp³-hybridized carbons (Fsp3) is 0.364. The molecule has 0 aliphatic carbocycles. The Kier molecular flexibility index (Phi) is 5.07. The third-order valence-electron chi connectivity index (χ3n) is 2.00. The molecule has 0 fully saturated rings. The summed E-state index contributed by atoms with van der Waals surface area (Å²) in [5, 5.41) is 10.5. The quantitative estimate of drug-likeness (QED) is 0.751. The Balaban J connectivity index is 2.19. The van der Waals surface area contributed by atoms with E-state index >= 15 is 0 Å². The van der Waals surface area contributed by atoms with E-state index in [0.29, 0.717) is 6.54 Å². The molecule has 0 unspecified atom stereocenters. The summed E-state index contributed by atoms with van der Waals surface area (Å²) < 4.78 is 0. The number of likely N-dealkylation sites (N-methyl/N-ethyl adjacent to an activating group) is 1. The van der Waals surface area contributed by atoms with Crippen molar-refractivity contribution in [3.63, 3.8) is 0 Å². The minimum absolute atomic E-state index is 0.678. The highest BCUT2D eigenvalue weighted by Gasteiger charge is 1.98. The molecule has 1 heterocycles. The van der Waals surface area contributed by atoms with Gasteiger partial charge in [-0.3, -0.25) is 0 Å². The predicted octanol–water partition coefficient (Wildman–Crippen LogP) is 1.86. The highest BCUT2D eigenvalue weighted by molar-refractivity contribution is 7.09. The van der Waals surface area contributed by atoms with Gasteiger partial charge in [-0.25, -0.2) is 4.79 Å². The molecule has 0 atom stereocenters. The maximum atomic E-state index is 10.2. The van der Waals surface area contributed by atoms with Crippen LogP contribution >= 0.6 is 11.3 Å². The number of rotatable bonds is 6. The molecule has 0 aromatic carbocycles. The fourth-order valence-corrected chi connectivity index (χ4v) is 1.88. The van der Waals surface area contributed by atoms with E-state index in [4.69, 9.17) is 5.11 Å². The Morgan fingerprint density at radius 2 is 2.47 bits per heavy atom. The van der Waals surface area contributed by atoms with Crippen LogP contribution in [-0.4, -0.2) is 36.1 Å². The fourth-order valence-electron chi connectivity index (χ4n) is 1.18. The van der Waals surface area contributed by atoms with Crippen LogP contribution in [0.25, 0.3) is 0 Å². The van der Waals surface area contributed by atoms with Crippen molar-refractivity contribution in [2.45, 2.75) is 6.42 Å². The van der Waals surface area contributed by atoms with E-state index in [1.807, 2.05) is 13.1 Å². The SMILES string of the molecule is CN(CC=CC(=O)O)CCc1cccs1. The Morgan fingerprint density at radius 1 is 1.67 bits per heavy atom. The lowest BCUT2D eigenvalue weighted by molar-refractivity contribution is -0.131. The Labute approximate surface area is 93.7 Å². The van der Waals surface area contributed by atoms with Crippen LogP contribution in [0.3, 0.4) is 0 Å². The molecule has 1 rings (SSSR count). The summed E-state index contributed by atoms with van der Waals surface area (Å²) in [4.78, 5) is 13.7. The van der Waals surface area contributed by atoms with Gasteiger partial charge in [-0.1, -0.05) is 12.1 Å². The molecule has 1 N–H and O–H groups in total. The zero-order valence-electron chi connectivity index (χ0n) is 8.72. The van der Waals surface area contributed by atoms with Gasteiger partial charge < -0.3 is 10.0 Å². The number of hydrogen-bond acceptors (Lipinski definition) is 3. The van der Waals surface area contributed by atoms with E-state index < -0.39 is 5.97 Å². The van der Waals surface area contributed by atoms with Crippen molar-refractivity contribution in [2.24, 2.45) is 0 Å². The van der Waals surface area contributed by atoms with Crippen LogP contribution in [0.2, 0.25) is 0 Å². The van der Waals surface area contributed by atoms with E-state index in [2.05, 4.69) is 16.3 Å². The lowest BCUT2D eigenvalue weighted by atomic mass is 10.3. The van der Waals surface area contributed by atoms with Gasteiger partial charge in [0.2, 0.25) is 0 Å². The third kappa shape index (κ3) is 5.34. The summed E-state index contributed by atoms with van der Waals surface area (Å²) in [7, 11) is 1.99. The van der Waals surface area contributed by atoms with Crippen molar-refractivity contribution in [2.75, 3.05) is 20.1 Å². The number of hydrogen-bond donors (Lipinski definition) is 1. The topological polar surface area (TPSA) is 40.5 Å². The molecule has 0 bridgehead atoms. The molecule has 4 heteroatoms.